The quantitative estimate of drug-likeness (QED) is 0.744. The maximum Gasteiger partial charge on any atom is 0.303 e. The summed E-state index contributed by atoms with van der Waals surface area (Å²) in [6.45, 7) is 9.72. The average Bonchev–Trinajstić information content (AvgIpc) is 2.28. The number of benzene rings is 1. The molecule has 0 saturated heterocycles. The summed E-state index contributed by atoms with van der Waals surface area (Å²) in [6, 6.07) is 7.84. The minimum absolute atomic E-state index is 0.205. The maximum absolute atomic E-state index is 10.4. The molecule has 0 aliphatic heterocycles. The monoisotopic (exact) mass is 277 g/mol. The second kappa shape index (κ2) is 6.98. The molecule has 0 heterocycles. The summed E-state index contributed by atoms with van der Waals surface area (Å²) in [5.74, 6) is -0.241. The molecule has 1 aromatic carbocycles. The van der Waals surface area contributed by atoms with Crippen LogP contribution in [0.1, 0.15) is 39.2 Å². The Kier molecular flexibility index (Phi) is 5.62. The molecule has 0 amide bonds. The molecular formula is C16H23NO3. The van der Waals surface area contributed by atoms with Gasteiger partial charge in [-0.1, -0.05) is 12.1 Å². The first-order valence-electron chi connectivity index (χ1n) is 6.72. The van der Waals surface area contributed by atoms with Gasteiger partial charge >= 0.3 is 5.97 Å². The van der Waals surface area contributed by atoms with Crippen LogP contribution < -0.4 is 5.32 Å². The lowest BCUT2D eigenvalue weighted by atomic mass is 10.1. The van der Waals surface area contributed by atoms with Gasteiger partial charge in [-0.15, -0.1) is 0 Å². The van der Waals surface area contributed by atoms with Crippen molar-refractivity contribution in [2.75, 3.05) is 5.32 Å². The first-order valence-corrected chi connectivity index (χ1v) is 6.72. The maximum atomic E-state index is 10.4. The number of aryl methyl sites for hydroxylation is 1. The van der Waals surface area contributed by atoms with Crippen molar-refractivity contribution in [2.45, 2.75) is 45.6 Å². The van der Waals surface area contributed by atoms with Gasteiger partial charge in [0, 0.05) is 12.1 Å². The van der Waals surface area contributed by atoms with Crippen molar-refractivity contribution in [3.8, 4) is 0 Å². The molecule has 0 atom stereocenters. The van der Waals surface area contributed by atoms with Crippen LogP contribution in [0.3, 0.4) is 0 Å². The van der Waals surface area contributed by atoms with Crippen molar-refractivity contribution in [1.82, 2.24) is 0 Å². The number of hydrogen-bond donors (Lipinski definition) is 2. The number of carboxylic acid groups (broad SMARTS) is 1. The van der Waals surface area contributed by atoms with Crippen LogP contribution >= 0.6 is 0 Å². The fourth-order valence-electron chi connectivity index (χ4n) is 1.75. The number of carboxylic acids is 1. The van der Waals surface area contributed by atoms with Gasteiger partial charge in [-0.25, -0.2) is 0 Å². The summed E-state index contributed by atoms with van der Waals surface area (Å²) in [6.07, 6.45) is 1.63. The van der Waals surface area contributed by atoms with Crippen molar-refractivity contribution in [3.05, 3.63) is 42.3 Å². The summed E-state index contributed by atoms with van der Waals surface area (Å²) in [7, 11) is 0. The highest BCUT2D eigenvalue weighted by molar-refractivity contribution is 5.66. The SMILES string of the molecule is C=C(Nc1ccc(CCCC(=O)O)cc1)OC(C)(C)C. The Bertz CT molecular complexity index is 458. The van der Waals surface area contributed by atoms with Crippen LogP contribution in [0.15, 0.2) is 36.7 Å². The Morgan fingerprint density at radius 3 is 2.40 bits per heavy atom. The van der Waals surface area contributed by atoms with E-state index >= 15 is 0 Å². The van der Waals surface area contributed by atoms with E-state index in [0.717, 1.165) is 17.7 Å². The molecule has 0 radical (unpaired) electrons. The topological polar surface area (TPSA) is 58.6 Å². The van der Waals surface area contributed by atoms with Crippen molar-refractivity contribution in [3.63, 3.8) is 0 Å². The molecule has 0 unspecified atom stereocenters. The van der Waals surface area contributed by atoms with E-state index in [1.165, 1.54) is 0 Å². The largest absolute Gasteiger partial charge is 0.481 e. The Morgan fingerprint density at radius 2 is 1.90 bits per heavy atom. The molecule has 4 nitrogen and oxygen atoms in total. The number of anilines is 1. The second-order valence-corrected chi connectivity index (χ2v) is 5.71. The molecule has 110 valence electrons. The Hall–Kier alpha value is -1.97. The molecule has 1 rings (SSSR count). The highest BCUT2D eigenvalue weighted by atomic mass is 16.5. The molecule has 2 N–H and O–H groups in total. The second-order valence-electron chi connectivity index (χ2n) is 5.71. The van der Waals surface area contributed by atoms with Crippen LogP contribution in [0, 0.1) is 0 Å². The molecule has 0 spiro atoms. The lowest BCUT2D eigenvalue weighted by molar-refractivity contribution is -0.137. The van der Waals surface area contributed by atoms with Gasteiger partial charge in [-0.3, -0.25) is 4.79 Å². The molecule has 4 heteroatoms. The number of carbonyl (C=O) groups is 1. The Morgan fingerprint density at radius 1 is 1.30 bits per heavy atom. The van der Waals surface area contributed by atoms with Gasteiger partial charge in [0.15, 0.2) is 5.88 Å². The zero-order valence-electron chi connectivity index (χ0n) is 12.4. The predicted molar refractivity (Wildman–Crippen MR) is 80.6 cm³/mol. The zero-order valence-corrected chi connectivity index (χ0v) is 12.4. The molecular weight excluding hydrogens is 254 g/mol. The summed E-state index contributed by atoms with van der Waals surface area (Å²) >= 11 is 0. The van der Waals surface area contributed by atoms with Gasteiger partial charge in [0.2, 0.25) is 0 Å². The number of hydrogen-bond acceptors (Lipinski definition) is 3. The van der Waals surface area contributed by atoms with Crippen LogP contribution in [0.4, 0.5) is 5.69 Å². The van der Waals surface area contributed by atoms with Gasteiger partial charge in [0.1, 0.15) is 5.60 Å². The predicted octanol–water partition coefficient (Wildman–Crippen LogP) is 3.79. The first kappa shape index (κ1) is 16.1. The van der Waals surface area contributed by atoms with Gasteiger partial charge in [0.05, 0.1) is 0 Å². The molecule has 0 fully saturated rings. The van der Waals surface area contributed by atoms with Gasteiger partial charge in [-0.05, 0) is 57.9 Å². The van der Waals surface area contributed by atoms with E-state index in [0.29, 0.717) is 12.3 Å². The van der Waals surface area contributed by atoms with E-state index in [1.54, 1.807) is 0 Å². The Labute approximate surface area is 120 Å². The summed E-state index contributed by atoms with van der Waals surface area (Å²) in [4.78, 5) is 10.4. The fourth-order valence-corrected chi connectivity index (χ4v) is 1.75. The number of ether oxygens (including phenoxy) is 1. The molecule has 1 aromatic rings. The van der Waals surface area contributed by atoms with Crippen LogP contribution in [-0.4, -0.2) is 16.7 Å². The van der Waals surface area contributed by atoms with Crippen molar-refractivity contribution < 1.29 is 14.6 Å². The first-order chi connectivity index (χ1) is 9.26. The van der Waals surface area contributed by atoms with E-state index in [9.17, 15) is 4.79 Å². The molecule has 0 aliphatic carbocycles. The highest BCUT2D eigenvalue weighted by Crippen LogP contribution is 2.17. The summed E-state index contributed by atoms with van der Waals surface area (Å²) < 4.78 is 5.59. The van der Waals surface area contributed by atoms with E-state index in [1.807, 2.05) is 45.0 Å². The Balaban J connectivity index is 2.46. The molecule has 0 aliphatic rings. The van der Waals surface area contributed by atoms with Gasteiger partial charge in [0.25, 0.3) is 0 Å². The van der Waals surface area contributed by atoms with Crippen LogP contribution in [0.5, 0.6) is 0 Å². The average molecular weight is 277 g/mol. The third-order valence-electron chi connectivity index (χ3n) is 2.52. The number of aliphatic carboxylic acids is 1. The van der Waals surface area contributed by atoms with Gasteiger partial charge in [-0.2, -0.15) is 0 Å². The number of nitrogens with one attached hydrogen (secondary N) is 1. The zero-order chi connectivity index (χ0) is 15.2. The van der Waals surface area contributed by atoms with Crippen LogP contribution in [0.25, 0.3) is 0 Å². The standard InChI is InChI=1S/C16H23NO3/c1-12(20-16(2,3)4)17-14-10-8-13(9-11-14)6-5-7-15(18)19/h8-11,17H,1,5-7H2,2-4H3,(H,18,19). The lowest BCUT2D eigenvalue weighted by Crippen LogP contribution is -2.21. The lowest BCUT2D eigenvalue weighted by Gasteiger charge is -2.23. The third-order valence-corrected chi connectivity index (χ3v) is 2.52. The van der Waals surface area contributed by atoms with Crippen molar-refractivity contribution in [1.29, 1.82) is 0 Å². The molecule has 0 saturated carbocycles. The summed E-state index contributed by atoms with van der Waals surface area (Å²) in [5.41, 5.74) is 1.75. The highest BCUT2D eigenvalue weighted by Gasteiger charge is 2.12. The summed E-state index contributed by atoms with van der Waals surface area (Å²) in [5, 5.41) is 11.7. The minimum atomic E-state index is -0.751. The van der Waals surface area contributed by atoms with Crippen LogP contribution in [0.2, 0.25) is 0 Å². The van der Waals surface area contributed by atoms with E-state index in [2.05, 4.69) is 11.9 Å². The van der Waals surface area contributed by atoms with E-state index < -0.39 is 5.97 Å². The number of rotatable bonds is 7. The molecule has 0 bridgehead atoms. The van der Waals surface area contributed by atoms with Gasteiger partial charge < -0.3 is 15.2 Å². The molecule has 0 aromatic heterocycles. The van der Waals surface area contributed by atoms with Crippen molar-refractivity contribution in [2.24, 2.45) is 0 Å². The smallest absolute Gasteiger partial charge is 0.303 e. The molecule has 20 heavy (non-hydrogen) atoms. The minimum Gasteiger partial charge on any atom is -0.481 e. The van der Waals surface area contributed by atoms with Crippen LogP contribution in [-0.2, 0) is 16.0 Å². The van der Waals surface area contributed by atoms with E-state index in [4.69, 9.17) is 9.84 Å². The fraction of sp³-hybridized carbons (Fsp3) is 0.438. The van der Waals surface area contributed by atoms with E-state index in [-0.39, 0.29) is 12.0 Å². The van der Waals surface area contributed by atoms with Crippen molar-refractivity contribution >= 4 is 11.7 Å². The third kappa shape index (κ3) is 6.83. The normalized spacial score (nSPS) is 10.9.